The van der Waals surface area contributed by atoms with Crippen molar-refractivity contribution >= 4 is 11.8 Å². The van der Waals surface area contributed by atoms with Crippen molar-refractivity contribution in [3.8, 4) is 0 Å². The highest BCUT2D eigenvalue weighted by molar-refractivity contribution is 5.98. The molecular formula is C8H14N4O7. The van der Waals surface area contributed by atoms with E-state index in [-0.39, 0.29) is 0 Å². The second-order valence-electron chi connectivity index (χ2n) is 3.48. The van der Waals surface area contributed by atoms with Crippen LogP contribution < -0.4 is 5.32 Å². The van der Waals surface area contributed by atoms with E-state index in [1.165, 1.54) is 0 Å². The SMILES string of the molecule is [N-]=[N+]=NCC(=O)NC(=O)[C@H](O)[C@@H](O)[C@H](O)[C@H](O)CO. The average molecular weight is 278 g/mol. The van der Waals surface area contributed by atoms with Gasteiger partial charge < -0.3 is 25.5 Å². The monoisotopic (exact) mass is 278 g/mol. The highest BCUT2D eigenvalue weighted by Crippen LogP contribution is 2.05. The van der Waals surface area contributed by atoms with Crippen LogP contribution in [-0.2, 0) is 9.59 Å². The molecule has 0 rings (SSSR count). The van der Waals surface area contributed by atoms with Crippen molar-refractivity contribution in [3.05, 3.63) is 10.4 Å². The molecular weight excluding hydrogens is 264 g/mol. The van der Waals surface area contributed by atoms with Crippen molar-refractivity contribution < 1.29 is 35.1 Å². The lowest BCUT2D eigenvalue weighted by Crippen LogP contribution is -2.52. The number of imide groups is 1. The van der Waals surface area contributed by atoms with Crippen LogP contribution in [0.1, 0.15) is 0 Å². The lowest BCUT2D eigenvalue weighted by Gasteiger charge is -2.24. The summed E-state index contributed by atoms with van der Waals surface area (Å²) in [6.07, 6.45) is -8.09. The van der Waals surface area contributed by atoms with Crippen molar-refractivity contribution in [2.75, 3.05) is 13.2 Å². The standard InChI is InChI=1S/C8H14N4O7/c9-12-10-1-4(15)11-8(19)7(18)6(17)5(16)3(14)2-13/h3,5-7,13-14,16-18H,1-2H2,(H,11,15,19)/t3-,5-,6+,7-/m1/s1. The summed E-state index contributed by atoms with van der Waals surface area (Å²) in [5, 5.41) is 49.8. The van der Waals surface area contributed by atoms with Gasteiger partial charge in [-0.15, -0.1) is 0 Å². The molecule has 11 nitrogen and oxygen atoms in total. The van der Waals surface area contributed by atoms with Crippen molar-refractivity contribution in [1.82, 2.24) is 5.32 Å². The van der Waals surface area contributed by atoms with Crippen molar-refractivity contribution in [1.29, 1.82) is 0 Å². The number of rotatable bonds is 7. The molecule has 0 aliphatic carbocycles. The molecule has 0 radical (unpaired) electrons. The summed E-state index contributed by atoms with van der Waals surface area (Å²) < 4.78 is 0. The van der Waals surface area contributed by atoms with E-state index in [2.05, 4.69) is 10.0 Å². The molecule has 0 saturated carbocycles. The first-order chi connectivity index (χ1) is 8.84. The number of azide groups is 1. The molecule has 0 aromatic heterocycles. The molecule has 11 heteroatoms. The second-order valence-corrected chi connectivity index (χ2v) is 3.48. The van der Waals surface area contributed by atoms with Gasteiger partial charge in [0.1, 0.15) is 24.9 Å². The summed E-state index contributed by atoms with van der Waals surface area (Å²) in [6, 6.07) is 0. The van der Waals surface area contributed by atoms with E-state index >= 15 is 0 Å². The highest BCUT2D eigenvalue weighted by Gasteiger charge is 2.34. The zero-order chi connectivity index (χ0) is 15.0. The van der Waals surface area contributed by atoms with Gasteiger partial charge in [0.25, 0.3) is 5.91 Å². The maximum atomic E-state index is 11.2. The Bertz CT molecular complexity index is 370. The molecule has 108 valence electrons. The van der Waals surface area contributed by atoms with Gasteiger partial charge in [0.15, 0.2) is 6.10 Å². The summed E-state index contributed by atoms with van der Waals surface area (Å²) >= 11 is 0. The lowest BCUT2D eigenvalue weighted by atomic mass is 10.0. The van der Waals surface area contributed by atoms with Crippen LogP contribution in [0.4, 0.5) is 0 Å². The van der Waals surface area contributed by atoms with E-state index in [4.69, 9.17) is 15.7 Å². The van der Waals surface area contributed by atoms with Crippen molar-refractivity contribution in [2.45, 2.75) is 24.4 Å². The molecule has 0 spiro atoms. The number of aliphatic hydroxyl groups excluding tert-OH is 5. The third-order valence-corrected chi connectivity index (χ3v) is 2.06. The van der Waals surface area contributed by atoms with Crippen LogP contribution in [0.3, 0.4) is 0 Å². The molecule has 0 heterocycles. The quantitative estimate of drug-likeness (QED) is 0.157. The van der Waals surface area contributed by atoms with Gasteiger partial charge in [0, 0.05) is 4.91 Å². The molecule has 6 N–H and O–H groups in total. The third kappa shape index (κ3) is 5.61. The number of nitrogens with zero attached hydrogens (tertiary/aromatic N) is 3. The maximum Gasteiger partial charge on any atom is 0.258 e. The predicted molar refractivity (Wildman–Crippen MR) is 58.3 cm³/mol. The summed E-state index contributed by atoms with van der Waals surface area (Å²) in [5.41, 5.74) is 7.93. The Kier molecular flexibility index (Phi) is 7.60. The number of aliphatic hydroxyl groups is 5. The fraction of sp³-hybridized carbons (Fsp3) is 0.750. The van der Waals surface area contributed by atoms with Gasteiger partial charge in [-0.3, -0.25) is 14.9 Å². The minimum atomic E-state index is -2.22. The Balaban J connectivity index is 4.47. The molecule has 0 aliphatic rings. The summed E-state index contributed by atoms with van der Waals surface area (Å²) in [5.74, 6) is -2.37. The molecule has 0 saturated heterocycles. The van der Waals surface area contributed by atoms with Gasteiger partial charge in [-0.25, -0.2) is 0 Å². The Morgan fingerprint density at radius 1 is 1.21 bits per heavy atom. The van der Waals surface area contributed by atoms with Gasteiger partial charge in [0.05, 0.1) is 6.61 Å². The maximum absolute atomic E-state index is 11.2. The molecule has 0 unspecified atom stereocenters. The average Bonchev–Trinajstić information content (AvgIpc) is 2.41. The van der Waals surface area contributed by atoms with Crippen LogP contribution in [0.2, 0.25) is 0 Å². The van der Waals surface area contributed by atoms with Gasteiger partial charge in [-0.2, -0.15) is 0 Å². The van der Waals surface area contributed by atoms with Crippen molar-refractivity contribution in [3.63, 3.8) is 0 Å². The Hall–Kier alpha value is -1.75. The smallest absolute Gasteiger partial charge is 0.258 e. The molecule has 2 amide bonds. The number of hydrogen-bond acceptors (Lipinski definition) is 8. The molecule has 0 aliphatic heterocycles. The number of carbonyl (C=O) groups is 2. The van der Waals surface area contributed by atoms with Gasteiger partial charge in [-0.1, -0.05) is 5.11 Å². The molecule has 0 aromatic rings. The molecule has 0 aromatic carbocycles. The second kappa shape index (κ2) is 8.37. The Labute approximate surface area is 106 Å². The van der Waals surface area contributed by atoms with Crippen LogP contribution >= 0.6 is 0 Å². The Morgan fingerprint density at radius 2 is 1.79 bits per heavy atom. The van der Waals surface area contributed by atoms with Crippen LogP contribution in [0, 0.1) is 0 Å². The van der Waals surface area contributed by atoms with Crippen LogP contribution in [0.25, 0.3) is 10.4 Å². The normalized spacial score (nSPS) is 16.7. The molecule has 4 atom stereocenters. The van der Waals surface area contributed by atoms with Crippen LogP contribution in [0.5, 0.6) is 0 Å². The Morgan fingerprint density at radius 3 is 2.26 bits per heavy atom. The van der Waals surface area contributed by atoms with E-state index in [0.717, 1.165) is 0 Å². The highest BCUT2D eigenvalue weighted by atomic mass is 16.4. The largest absolute Gasteiger partial charge is 0.394 e. The number of carbonyl (C=O) groups excluding carboxylic acids is 2. The van der Waals surface area contributed by atoms with E-state index < -0.39 is 49.4 Å². The van der Waals surface area contributed by atoms with Gasteiger partial charge in [0.2, 0.25) is 5.91 Å². The molecule has 19 heavy (non-hydrogen) atoms. The van der Waals surface area contributed by atoms with E-state index in [1.54, 1.807) is 5.32 Å². The molecule has 0 bridgehead atoms. The van der Waals surface area contributed by atoms with E-state index in [0.29, 0.717) is 0 Å². The lowest BCUT2D eigenvalue weighted by molar-refractivity contribution is -0.151. The van der Waals surface area contributed by atoms with Gasteiger partial charge in [-0.05, 0) is 5.53 Å². The molecule has 0 fully saturated rings. The zero-order valence-electron chi connectivity index (χ0n) is 9.62. The topological polar surface area (TPSA) is 196 Å². The summed E-state index contributed by atoms with van der Waals surface area (Å²) in [6.45, 7) is -1.59. The fourth-order valence-corrected chi connectivity index (χ4v) is 1.02. The number of amides is 2. The van der Waals surface area contributed by atoms with Crippen LogP contribution in [-0.4, -0.2) is 74.9 Å². The fourth-order valence-electron chi connectivity index (χ4n) is 1.02. The van der Waals surface area contributed by atoms with Crippen molar-refractivity contribution in [2.24, 2.45) is 5.11 Å². The minimum Gasteiger partial charge on any atom is -0.394 e. The van der Waals surface area contributed by atoms with Gasteiger partial charge >= 0.3 is 0 Å². The number of hydrogen-bond donors (Lipinski definition) is 6. The predicted octanol–water partition coefficient (Wildman–Crippen LogP) is -3.62. The summed E-state index contributed by atoms with van der Waals surface area (Å²) in [4.78, 5) is 24.5. The zero-order valence-corrected chi connectivity index (χ0v) is 9.62. The van der Waals surface area contributed by atoms with Crippen LogP contribution in [0.15, 0.2) is 5.11 Å². The third-order valence-electron chi connectivity index (χ3n) is 2.06. The first kappa shape index (κ1) is 17.2. The first-order valence-corrected chi connectivity index (χ1v) is 5.02. The van der Waals surface area contributed by atoms with E-state index in [1.807, 2.05) is 0 Å². The minimum absolute atomic E-state index is 0.688. The summed E-state index contributed by atoms with van der Waals surface area (Å²) in [7, 11) is 0. The van der Waals surface area contributed by atoms with E-state index in [9.17, 15) is 24.9 Å². The number of nitrogens with one attached hydrogen (secondary N) is 1. The first-order valence-electron chi connectivity index (χ1n) is 5.02.